The number of primary amides is 1. The Hall–Kier alpha value is -2.16. The number of fused-ring (bicyclic) bond motifs is 1. The summed E-state index contributed by atoms with van der Waals surface area (Å²) in [6, 6.07) is 13.3. The van der Waals surface area contributed by atoms with Crippen molar-refractivity contribution in [3.8, 4) is 0 Å². The van der Waals surface area contributed by atoms with E-state index in [1.807, 2.05) is 36.4 Å². The topological polar surface area (TPSA) is 60.2 Å². The zero-order chi connectivity index (χ0) is 13.1. The third-order valence-electron chi connectivity index (χ3n) is 3.07. The van der Waals surface area contributed by atoms with E-state index >= 15 is 0 Å². The van der Waals surface area contributed by atoms with E-state index in [1.165, 1.54) is 0 Å². The molecule has 0 aliphatic carbocycles. The van der Waals surface area contributed by atoms with Gasteiger partial charge in [-0.25, -0.2) is 0 Å². The molecule has 3 heteroatoms. The summed E-state index contributed by atoms with van der Waals surface area (Å²) in [5, 5.41) is 1.94. The first-order valence-corrected chi connectivity index (χ1v) is 5.90. The van der Waals surface area contributed by atoms with Crippen LogP contribution in [0.3, 0.4) is 0 Å². The molecule has 0 spiro atoms. The van der Waals surface area contributed by atoms with E-state index in [2.05, 4.69) is 0 Å². The van der Waals surface area contributed by atoms with Crippen LogP contribution in [0.5, 0.6) is 0 Å². The minimum atomic E-state index is -0.441. The van der Waals surface area contributed by atoms with Gasteiger partial charge in [0.2, 0.25) is 5.91 Å². The average Bonchev–Trinajstić information content (AvgIpc) is 2.37. The number of hydrogen-bond acceptors (Lipinski definition) is 2. The molecule has 0 aliphatic rings. The molecule has 2 rings (SSSR count). The Balaban J connectivity index is 2.36. The molecule has 0 bridgehead atoms. The molecule has 18 heavy (non-hydrogen) atoms. The molecule has 0 saturated heterocycles. The Kier molecular flexibility index (Phi) is 3.42. The molecule has 3 nitrogen and oxygen atoms in total. The Bertz CT molecular complexity index is 599. The van der Waals surface area contributed by atoms with Crippen molar-refractivity contribution in [3.05, 3.63) is 48.0 Å². The molecule has 1 atom stereocenters. The lowest BCUT2D eigenvalue weighted by Crippen LogP contribution is -2.23. The number of Topliss-reactive ketones (excluding diaryl/α,β-unsaturated/α-hetero) is 1. The van der Waals surface area contributed by atoms with Crippen LogP contribution in [0.1, 0.15) is 23.7 Å². The average molecular weight is 241 g/mol. The summed E-state index contributed by atoms with van der Waals surface area (Å²) in [7, 11) is 0. The van der Waals surface area contributed by atoms with Crippen LogP contribution in [0.15, 0.2) is 42.5 Å². The second-order valence-electron chi connectivity index (χ2n) is 4.46. The van der Waals surface area contributed by atoms with Gasteiger partial charge in [-0.2, -0.15) is 0 Å². The number of nitrogens with two attached hydrogens (primary N) is 1. The summed E-state index contributed by atoms with van der Waals surface area (Å²) in [6.45, 7) is 1.67. The Morgan fingerprint density at radius 2 is 1.78 bits per heavy atom. The summed E-state index contributed by atoms with van der Waals surface area (Å²) in [6.07, 6.45) is 0.156. The van der Waals surface area contributed by atoms with E-state index in [-0.39, 0.29) is 12.2 Å². The van der Waals surface area contributed by atoms with Gasteiger partial charge in [0, 0.05) is 17.9 Å². The third-order valence-corrected chi connectivity index (χ3v) is 3.07. The Labute approximate surface area is 106 Å². The van der Waals surface area contributed by atoms with E-state index in [0.29, 0.717) is 5.56 Å². The minimum Gasteiger partial charge on any atom is -0.369 e. The fraction of sp³-hybridized carbons (Fsp3) is 0.200. The minimum absolute atomic E-state index is 0.0434. The van der Waals surface area contributed by atoms with Gasteiger partial charge in [-0.05, 0) is 10.8 Å². The number of hydrogen-bond donors (Lipinski definition) is 1. The maximum Gasteiger partial charge on any atom is 0.220 e. The molecule has 0 fully saturated rings. The Morgan fingerprint density at radius 1 is 1.11 bits per heavy atom. The van der Waals surface area contributed by atoms with Crippen molar-refractivity contribution in [2.75, 3.05) is 0 Å². The smallest absolute Gasteiger partial charge is 0.220 e. The predicted octanol–water partition coefficient (Wildman–Crippen LogP) is 2.53. The highest BCUT2D eigenvalue weighted by molar-refractivity contribution is 6.08. The molecular weight excluding hydrogens is 226 g/mol. The fourth-order valence-corrected chi connectivity index (χ4v) is 1.96. The third kappa shape index (κ3) is 2.40. The normalized spacial score (nSPS) is 12.3. The molecule has 0 heterocycles. The van der Waals surface area contributed by atoms with Crippen molar-refractivity contribution in [1.29, 1.82) is 0 Å². The Morgan fingerprint density at radius 3 is 2.50 bits per heavy atom. The number of rotatable bonds is 4. The standard InChI is InChI=1S/C15H15NO2/c1-10(15(16)18)9-14(17)13-8-4-6-11-5-2-3-7-12(11)13/h2-8,10H,9H2,1H3,(H2,16,18)/t10-/m1/s1. The molecule has 2 N–H and O–H groups in total. The van der Waals surface area contributed by atoms with E-state index < -0.39 is 11.8 Å². The largest absolute Gasteiger partial charge is 0.369 e. The van der Waals surface area contributed by atoms with Crippen LogP contribution in [-0.4, -0.2) is 11.7 Å². The van der Waals surface area contributed by atoms with E-state index in [1.54, 1.807) is 13.0 Å². The summed E-state index contributed by atoms with van der Waals surface area (Å²) in [5.41, 5.74) is 5.84. The van der Waals surface area contributed by atoms with Crippen LogP contribution in [0.4, 0.5) is 0 Å². The lowest BCUT2D eigenvalue weighted by atomic mass is 9.95. The molecule has 2 aromatic rings. The first-order chi connectivity index (χ1) is 8.59. The van der Waals surface area contributed by atoms with Crippen LogP contribution < -0.4 is 5.73 Å². The van der Waals surface area contributed by atoms with Crippen molar-refractivity contribution < 1.29 is 9.59 Å². The van der Waals surface area contributed by atoms with Crippen molar-refractivity contribution in [2.45, 2.75) is 13.3 Å². The fourth-order valence-electron chi connectivity index (χ4n) is 1.96. The molecule has 0 unspecified atom stereocenters. The molecule has 1 amide bonds. The molecule has 0 radical (unpaired) electrons. The summed E-state index contributed by atoms with van der Waals surface area (Å²) in [5.74, 6) is -0.918. The molecule has 0 aliphatic heterocycles. The quantitative estimate of drug-likeness (QED) is 0.836. The van der Waals surface area contributed by atoms with Gasteiger partial charge >= 0.3 is 0 Å². The van der Waals surface area contributed by atoms with Crippen LogP contribution >= 0.6 is 0 Å². The number of benzene rings is 2. The van der Waals surface area contributed by atoms with Crippen molar-refractivity contribution >= 4 is 22.5 Å². The first-order valence-electron chi connectivity index (χ1n) is 5.90. The van der Waals surface area contributed by atoms with Crippen LogP contribution in [-0.2, 0) is 4.79 Å². The second-order valence-corrected chi connectivity index (χ2v) is 4.46. The highest BCUT2D eigenvalue weighted by atomic mass is 16.1. The molecule has 2 aromatic carbocycles. The van der Waals surface area contributed by atoms with Crippen molar-refractivity contribution in [2.24, 2.45) is 11.7 Å². The highest BCUT2D eigenvalue weighted by Crippen LogP contribution is 2.21. The van der Waals surface area contributed by atoms with Gasteiger partial charge in [-0.3, -0.25) is 9.59 Å². The van der Waals surface area contributed by atoms with E-state index in [9.17, 15) is 9.59 Å². The molecular formula is C15H15NO2. The first kappa shape index (κ1) is 12.3. The number of ketones is 1. The zero-order valence-electron chi connectivity index (χ0n) is 10.2. The van der Waals surface area contributed by atoms with Crippen molar-refractivity contribution in [3.63, 3.8) is 0 Å². The summed E-state index contributed by atoms with van der Waals surface area (Å²) >= 11 is 0. The van der Waals surface area contributed by atoms with Crippen molar-refractivity contribution in [1.82, 2.24) is 0 Å². The van der Waals surface area contributed by atoms with Crippen LogP contribution in [0, 0.1) is 5.92 Å². The number of amides is 1. The maximum atomic E-state index is 12.2. The van der Waals surface area contributed by atoms with Gasteiger partial charge in [0.25, 0.3) is 0 Å². The lowest BCUT2D eigenvalue weighted by molar-refractivity contribution is -0.121. The SMILES string of the molecule is C[C@H](CC(=O)c1cccc2ccccc12)C(N)=O. The maximum absolute atomic E-state index is 12.2. The highest BCUT2D eigenvalue weighted by Gasteiger charge is 2.16. The van der Waals surface area contributed by atoms with Crippen LogP contribution in [0.25, 0.3) is 10.8 Å². The molecule has 0 saturated carbocycles. The monoisotopic (exact) mass is 241 g/mol. The van der Waals surface area contributed by atoms with E-state index in [4.69, 9.17) is 5.73 Å². The summed E-state index contributed by atoms with van der Waals surface area (Å²) in [4.78, 5) is 23.2. The number of carbonyl (C=O) groups is 2. The predicted molar refractivity (Wildman–Crippen MR) is 71.3 cm³/mol. The van der Waals surface area contributed by atoms with Gasteiger partial charge in [0.1, 0.15) is 0 Å². The van der Waals surface area contributed by atoms with E-state index in [0.717, 1.165) is 10.8 Å². The van der Waals surface area contributed by atoms with Gasteiger partial charge in [0.15, 0.2) is 5.78 Å². The van der Waals surface area contributed by atoms with Crippen LogP contribution in [0.2, 0.25) is 0 Å². The zero-order valence-corrected chi connectivity index (χ0v) is 10.2. The van der Waals surface area contributed by atoms with Gasteiger partial charge in [-0.1, -0.05) is 49.4 Å². The van der Waals surface area contributed by atoms with Gasteiger partial charge < -0.3 is 5.73 Å². The van der Waals surface area contributed by atoms with Gasteiger partial charge in [0.05, 0.1) is 0 Å². The molecule has 92 valence electrons. The summed E-state index contributed by atoms with van der Waals surface area (Å²) < 4.78 is 0. The second kappa shape index (κ2) is 5.00. The molecule has 0 aromatic heterocycles. The van der Waals surface area contributed by atoms with Gasteiger partial charge in [-0.15, -0.1) is 0 Å². The number of carbonyl (C=O) groups excluding carboxylic acids is 2. The lowest BCUT2D eigenvalue weighted by Gasteiger charge is -2.08.